The van der Waals surface area contributed by atoms with Crippen molar-refractivity contribution >= 4 is 28.0 Å². The van der Waals surface area contributed by atoms with Gasteiger partial charge in [0.15, 0.2) is 0 Å². The summed E-state index contributed by atoms with van der Waals surface area (Å²) in [5, 5.41) is 0. The van der Waals surface area contributed by atoms with Gasteiger partial charge in [-0.1, -0.05) is 6.92 Å². The van der Waals surface area contributed by atoms with Crippen LogP contribution < -0.4 is 4.74 Å². The summed E-state index contributed by atoms with van der Waals surface area (Å²) >= 11 is 3.49. The van der Waals surface area contributed by atoms with Gasteiger partial charge in [-0.05, 0) is 49.2 Å². The quantitative estimate of drug-likeness (QED) is 0.486. The summed E-state index contributed by atoms with van der Waals surface area (Å²) in [5.41, 5.74) is 1.66. The molecule has 0 saturated heterocycles. The van der Waals surface area contributed by atoms with Crippen molar-refractivity contribution < 1.29 is 9.47 Å². The van der Waals surface area contributed by atoms with E-state index >= 15 is 0 Å². The first-order valence-corrected chi connectivity index (χ1v) is 8.43. The van der Waals surface area contributed by atoms with Crippen molar-refractivity contribution in [1.82, 2.24) is 9.88 Å². The lowest BCUT2D eigenvalue weighted by Crippen LogP contribution is -2.19. The number of hydrogen-bond donors (Lipinski definition) is 0. The molecule has 0 fully saturated rings. The Balaban J connectivity index is 2.71. The molecule has 0 radical (unpaired) electrons. The smallest absolute Gasteiger partial charge is 0.228 e. The molecule has 0 amide bonds. The topological polar surface area (TPSA) is 47.0 Å². The van der Waals surface area contributed by atoms with Crippen molar-refractivity contribution in [1.29, 1.82) is 0 Å². The van der Waals surface area contributed by atoms with Crippen molar-refractivity contribution in [2.24, 2.45) is 4.99 Å². The van der Waals surface area contributed by atoms with Crippen LogP contribution in [0.3, 0.4) is 0 Å². The zero-order valence-electron chi connectivity index (χ0n) is 14.1. The van der Waals surface area contributed by atoms with Gasteiger partial charge >= 0.3 is 0 Å². The van der Waals surface area contributed by atoms with E-state index in [0.717, 1.165) is 35.4 Å². The minimum atomic E-state index is 0.0462. The van der Waals surface area contributed by atoms with Crippen molar-refractivity contribution in [3.8, 4) is 5.88 Å². The first-order valence-electron chi connectivity index (χ1n) is 7.63. The second-order valence-electron chi connectivity index (χ2n) is 5.19. The van der Waals surface area contributed by atoms with Crippen LogP contribution in [0.15, 0.2) is 15.5 Å². The Hall–Kier alpha value is -1.14. The number of aromatic nitrogens is 1. The maximum absolute atomic E-state index is 5.73. The van der Waals surface area contributed by atoms with E-state index in [1.807, 2.05) is 31.9 Å². The molecule has 0 aliphatic heterocycles. The number of pyridine rings is 1. The van der Waals surface area contributed by atoms with E-state index in [0.29, 0.717) is 12.5 Å². The molecule has 1 rings (SSSR count). The van der Waals surface area contributed by atoms with Crippen LogP contribution in [-0.2, 0) is 4.74 Å². The van der Waals surface area contributed by atoms with Gasteiger partial charge < -0.3 is 14.4 Å². The summed E-state index contributed by atoms with van der Waals surface area (Å²) < 4.78 is 12.1. The van der Waals surface area contributed by atoms with E-state index in [2.05, 4.69) is 39.8 Å². The number of rotatable bonds is 9. The monoisotopic (exact) mass is 371 g/mol. The summed E-state index contributed by atoms with van der Waals surface area (Å²) in [6.07, 6.45) is 2.85. The van der Waals surface area contributed by atoms with Crippen LogP contribution in [0.2, 0.25) is 0 Å². The van der Waals surface area contributed by atoms with Crippen LogP contribution in [0.4, 0.5) is 5.69 Å². The molecular formula is C16H26BrN3O2. The third-order valence-corrected chi connectivity index (χ3v) is 3.63. The highest BCUT2D eigenvalue weighted by Crippen LogP contribution is 2.29. The molecule has 1 heterocycles. The molecule has 6 heteroatoms. The maximum atomic E-state index is 5.73. The van der Waals surface area contributed by atoms with E-state index in [-0.39, 0.29) is 6.10 Å². The molecule has 1 aromatic heterocycles. The van der Waals surface area contributed by atoms with E-state index < -0.39 is 0 Å². The number of halogens is 1. The lowest BCUT2D eigenvalue weighted by atomic mass is 10.3. The molecule has 0 N–H and O–H groups in total. The first-order chi connectivity index (χ1) is 10.5. The lowest BCUT2D eigenvalue weighted by molar-refractivity contribution is 0.0313. The third-order valence-electron chi connectivity index (χ3n) is 3.06. The van der Waals surface area contributed by atoms with Crippen LogP contribution in [0.1, 0.15) is 32.9 Å². The van der Waals surface area contributed by atoms with Crippen molar-refractivity contribution in [2.45, 2.75) is 40.2 Å². The normalized spacial score (nSPS) is 12.6. The number of aliphatic imine (C=N–C) groups is 1. The Bertz CT molecular complexity index is 495. The zero-order valence-corrected chi connectivity index (χ0v) is 15.7. The summed E-state index contributed by atoms with van der Waals surface area (Å²) in [6.45, 7) is 10.2. The first kappa shape index (κ1) is 18.9. The molecule has 1 unspecified atom stereocenters. The molecule has 1 atom stereocenters. The molecule has 5 nitrogen and oxygen atoms in total. The molecule has 0 aliphatic carbocycles. The Morgan fingerprint density at radius 2 is 2.18 bits per heavy atom. The molecule has 0 aliphatic rings. The highest BCUT2D eigenvalue weighted by molar-refractivity contribution is 9.10. The standard InChI is InChI=1S/C16H26BrN3O2/c1-6-8-21-12(3)10-22-16-14(17)9-15(13(4)19-16)18-11-20(5)7-2/h9,11-12H,6-8,10H2,1-5H3. The molecule has 0 saturated carbocycles. The Labute approximate surface area is 141 Å². The Kier molecular flexibility index (Phi) is 8.42. The van der Waals surface area contributed by atoms with Gasteiger partial charge in [0.05, 0.1) is 28.3 Å². The van der Waals surface area contributed by atoms with Gasteiger partial charge in [0.2, 0.25) is 5.88 Å². The average Bonchev–Trinajstić information content (AvgIpc) is 2.51. The highest BCUT2D eigenvalue weighted by Gasteiger charge is 2.10. The molecule has 0 aromatic carbocycles. The number of hydrogen-bond acceptors (Lipinski definition) is 4. The predicted molar refractivity (Wildman–Crippen MR) is 94.3 cm³/mol. The number of aryl methyl sites for hydroxylation is 1. The number of nitrogens with zero attached hydrogens (tertiary/aromatic N) is 3. The molecule has 0 spiro atoms. The molecule has 124 valence electrons. The van der Waals surface area contributed by atoms with E-state index in [4.69, 9.17) is 9.47 Å². The SMILES string of the molecule is CCCOC(C)COc1nc(C)c(N=CN(C)CC)cc1Br. The van der Waals surface area contributed by atoms with Gasteiger partial charge in [-0.15, -0.1) is 0 Å². The van der Waals surface area contributed by atoms with Crippen molar-refractivity contribution in [3.63, 3.8) is 0 Å². The van der Waals surface area contributed by atoms with E-state index in [1.54, 1.807) is 6.34 Å². The third kappa shape index (κ3) is 6.32. The molecule has 1 aromatic rings. The van der Waals surface area contributed by atoms with Gasteiger partial charge in [-0.2, -0.15) is 0 Å². The molecule has 22 heavy (non-hydrogen) atoms. The second-order valence-corrected chi connectivity index (χ2v) is 6.04. The van der Waals surface area contributed by atoms with Gasteiger partial charge in [-0.3, -0.25) is 0 Å². The van der Waals surface area contributed by atoms with Crippen molar-refractivity contribution in [2.75, 3.05) is 26.8 Å². The van der Waals surface area contributed by atoms with Crippen LogP contribution >= 0.6 is 15.9 Å². The van der Waals surface area contributed by atoms with Gasteiger partial charge in [0, 0.05) is 20.2 Å². The van der Waals surface area contributed by atoms with Crippen LogP contribution in [0, 0.1) is 6.92 Å². The fourth-order valence-electron chi connectivity index (χ4n) is 1.59. The zero-order chi connectivity index (χ0) is 16.5. The largest absolute Gasteiger partial charge is 0.474 e. The predicted octanol–water partition coefficient (Wildman–Crippen LogP) is 3.96. The minimum Gasteiger partial charge on any atom is -0.474 e. The molecular weight excluding hydrogens is 346 g/mol. The van der Waals surface area contributed by atoms with Gasteiger partial charge in [0.25, 0.3) is 0 Å². The lowest BCUT2D eigenvalue weighted by Gasteiger charge is -2.15. The highest BCUT2D eigenvalue weighted by atomic mass is 79.9. The fraction of sp³-hybridized carbons (Fsp3) is 0.625. The summed E-state index contributed by atoms with van der Waals surface area (Å²) in [4.78, 5) is 10.9. The minimum absolute atomic E-state index is 0.0462. The van der Waals surface area contributed by atoms with Gasteiger partial charge in [-0.25, -0.2) is 9.98 Å². The van der Waals surface area contributed by atoms with Crippen molar-refractivity contribution in [3.05, 3.63) is 16.2 Å². The summed E-state index contributed by atoms with van der Waals surface area (Å²) in [6, 6.07) is 1.93. The van der Waals surface area contributed by atoms with Crippen LogP contribution in [0.25, 0.3) is 0 Å². The fourth-order valence-corrected chi connectivity index (χ4v) is 2.01. The van der Waals surface area contributed by atoms with Crippen LogP contribution in [0.5, 0.6) is 5.88 Å². The summed E-state index contributed by atoms with van der Waals surface area (Å²) in [7, 11) is 1.98. The second kappa shape index (κ2) is 9.79. The van der Waals surface area contributed by atoms with Gasteiger partial charge in [0.1, 0.15) is 6.61 Å². The summed E-state index contributed by atoms with van der Waals surface area (Å²) in [5.74, 6) is 0.576. The Morgan fingerprint density at radius 1 is 1.45 bits per heavy atom. The molecule has 0 bridgehead atoms. The average molecular weight is 372 g/mol. The Morgan fingerprint density at radius 3 is 2.82 bits per heavy atom. The van der Waals surface area contributed by atoms with E-state index in [1.165, 1.54) is 0 Å². The van der Waals surface area contributed by atoms with Crippen LogP contribution in [-0.4, -0.2) is 49.1 Å². The van der Waals surface area contributed by atoms with E-state index in [9.17, 15) is 0 Å². The maximum Gasteiger partial charge on any atom is 0.228 e. The number of ether oxygens (including phenoxy) is 2.